The summed E-state index contributed by atoms with van der Waals surface area (Å²) in [4.78, 5) is 13.1. The Labute approximate surface area is 195 Å². The molecule has 3 heterocycles. The summed E-state index contributed by atoms with van der Waals surface area (Å²) >= 11 is 6.26. The second-order valence-corrected chi connectivity index (χ2v) is 8.37. The van der Waals surface area contributed by atoms with E-state index in [1.165, 1.54) is 12.1 Å². The Hall–Kier alpha value is -3.46. The molecule has 3 aromatic heterocycles. The van der Waals surface area contributed by atoms with Crippen LogP contribution in [0.4, 0.5) is 10.1 Å². The largest absolute Gasteiger partial charge is 0.361 e. The number of halogens is 2. The van der Waals surface area contributed by atoms with Crippen LogP contribution in [0.25, 0.3) is 0 Å². The predicted octanol–water partition coefficient (Wildman–Crippen LogP) is 4.75. The minimum absolute atomic E-state index is 0.174. The molecule has 172 valence electrons. The van der Waals surface area contributed by atoms with Gasteiger partial charge in [0.05, 0.1) is 46.6 Å². The zero-order valence-electron chi connectivity index (χ0n) is 19.0. The number of anilines is 1. The fourth-order valence-electron chi connectivity index (χ4n) is 3.75. The summed E-state index contributed by atoms with van der Waals surface area (Å²) in [5.41, 5.74) is 5.05. The van der Waals surface area contributed by atoms with Crippen LogP contribution in [0.3, 0.4) is 0 Å². The number of hydrogen-bond acceptors (Lipinski definition) is 5. The van der Waals surface area contributed by atoms with Crippen LogP contribution < -0.4 is 5.32 Å². The number of nitrogens with zero attached hydrogens (tertiary/aromatic N) is 5. The zero-order valence-corrected chi connectivity index (χ0v) is 19.8. The highest BCUT2D eigenvalue weighted by Crippen LogP contribution is 2.25. The number of amides is 1. The maximum atomic E-state index is 13.5. The molecule has 0 aliphatic heterocycles. The fourth-order valence-corrected chi connectivity index (χ4v) is 3.88. The van der Waals surface area contributed by atoms with E-state index in [1.807, 2.05) is 26.8 Å². The lowest BCUT2D eigenvalue weighted by molar-refractivity contribution is 0.101. The predicted molar refractivity (Wildman–Crippen MR) is 122 cm³/mol. The molecule has 1 N–H and O–H groups in total. The second kappa shape index (κ2) is 8.82. The van der Waals surface area contributed by atoms with Crippen LogP contribution in [0, 0.1) is 40.4 Å². The van der Waals surface area contributed by atoms with Crippen molar-refractivity contribution < 1.29 is 13.7 Å². The van der Waals surface area contributed by atoms with E-state index in [-0.39, 0.29) is 11.5 Å². The van der Waals surface area contributed by atoms with Crippen molar-refractivity contribution >= 4 is 23.2 Å². The van der Waals surface area contributed by atoms with E-state index in [1.54, 1.807) is 29.3 Å². The smallest absolute Gasteiger partial charge is 0.278 e. The number of hydrogen-bond donors (Lipinski definition) is 1. The third-order valence-corrected chi connectivity index (χ3v) is 6.19. The number of rotatable bonds is 6. The number of carbonyl (C=O) groups is 1. The molecule has 0 atom stereocenters. The number of aryl methyl sites for hydroxylation is 3. The van der Waals surface area contributed by atoms with Gasteiger partial charge in [0.25, 0.3) is 5.91 Å². The lowest BCUT2D eigenvalue weighted by atomic mass is 10.1. The van der Waals surface area contributed by atoms with Crippen molar-refractivity contribution in [3.63, 3.8) is 0 Å². The molecular formula is C23H24ClFN6O2. The molecule has 1 amide bonds. The Morgan fingerprint density at radius 3 is 2.42 bits per heavy atom. The molecule has 0 spiro atoms. The van der Waals surface area contributed by atoms with Gasteiger partial charge in [-0.15, -0.1) is 0 Å². The average molecular weight is 471 g/mol. The van der Waals surface area contributed by atoms with E-state index < -0.39 is 5.91 Å². The average Bonchev–Trinajstić information content (AvgIpc) is 3.34. The molecule has 33 heavy (non-hydrogen) atoms. The maximum absolute atomic E-state index is 13.5. The first-order valence-electron chi connectivity index (χ1n) is 10.4. The molecule has 0 saturated carbocycles. The van der Waals surface area contributed by atoms with E-state index in [9.17, 15) is 9.18 Å². The van der Waals surface area contributed by atoms with Gasteiger partial charge in [-0.05, 0) is 52.3 Å². The van der Waals surface area contributed by atoms with Crippen LogP contribution in [-0.4, -0.2) is 30.6 Å². The van der Waals surface area contributed by atoms with Crippen molar-refractivity contribution in [2.45, 2.75) is 47.7 Å². The van der Waals surface area contributed by atoms with E-state index in [4.69, 9.17) is 16.1 Å². The molecule has 0 aliphatic carbocycles. The zero-order chi connectivity index (χ0) is 23.9. The molecule has 0 aliphatic rings. The van der Waals surface area contributed by atoms with Crippen molar-refractivity contribution in [1.82, 2.24) is 24.7 Å². The quantitative estimate of drug-likeness (QED) is 0.439. The Morgan fingerprint density at radius 2 is 1.76 bits per heavy atom. The van der Waals surface area contributed by atoms with Gasteiger partial charge >= 0.3 is 0 Å². The highest BCUT2D eigenvalue weighted by Gasteiger charge is 2.24. The Kier molecular flexibility index (Phi) is 6.07. The van der Waals surface area contributed by atoms with E-state index in [0.29, 0.717) is 46.5 Å². The van der Waals surface area contributed by atoms with Crippen LogP contribution in [0.5, 0.6) is 0 Å². The summed E-state index contributed by atoms with van der Waals surface area (Å²) in [6.45, 7) is 9.78. The SMILES string of the molecule is Cc1nn(Cc2c(C(=O)Nc3c(C)nn(Cc4cccc(F)c4)c3C)noc2C)c(C)c1Cl. The van der Waals surface area contributed by atoms with E-state index >= 15 is 0 Å². The molecule has 0 fully saturated rings. The number of aromatic nitrogens is 5. The molecular weight excluding hydrogens is 447 g/mol. The van der Waals surface area contributed by atoms with Crippen LogP contribution >= 0.6 is 11.6 Å². The molecule has 4 rings (SSSR count). The topological polar surface area (TPSA) is 90.8 Å². The van der Waals surface area contributed by atoms with Gasteiger partial charge in [-0.2, -0.15) is 10.2 Å². The van der Waals surface area contributed by atoms with E-state index in [0.717, 1.165) is 17.0 Å². The first-order valence-corrected chi connectivity index (χ1v) is 10.8. The molecule has 0 saturated heterocycles. The van der Waals surface area contributed by atoms with Crippen molar-refractivity contribution in [3.05, 3.63) is 80.5 Å². The standard InChI is InChI=1S/C23H24ClFN6O2/c1-12-20(24)14(3)31(27-12)11-19-16(5)33-29-22(19)23(32)26-21-13(2)28-30(15(21)4)10-17-7-6-8-18(25)9-17/h6-9H,10-11H2,1-5H3,(H,26,32). The lowest BCUT2D eigenvalue weighted by Gasteiger charge is -2.08. The first kappa shape index (κ1) is 22.7. The Morgan fingerprint density at radius 1 is 1.06 bits per heavy atom. The van der Waals surface area contributed by atoms with Gasteiger partial charge < -0.3 is 9.84 Å². The third kappa shape index (κ3) is 4.41. The van der Waals surface area contributed by atoms with Crippen molar-refractivity contribution in [2.24, 2.45) is 0 Å². The van der Waals surface area contributed by atoms with E-state index in [2.05, 4.69) is 20.7 Å². The van der Waals surface area contributed by atoms with Crippen molar-refractivity contribution in [2.75, 3.05) is 5.32 Å². The van der Waals surface area contributed by atoms with Gasteiger partial charge in [0.15, 0.2) is 5.69 Å². The summed E-state index contributed by atoms with van der Waals surface area (Å²) in [7, 11) is 0. The van der Waals surface area contributed by atoms with Gasteiger partial charge in [0.2, 0.25) is 0 Å². The lowest BCUT2D eigenvalue weighted by Crippen LogP contribution is -2.17. The minimum Gasteiger partial charge on any atom is -0.361 e. The van der Waals surface area contributed by atoms with Crippen molar-refractivity contribution in [3.8, 4) is 0 Å². The van der Waals surface area contributed by atoms with Gasteiger partial charge in [0.1, 0.15) is 11.6 Å². The van der Waals surface area contributed by atoms with Crippen LogP contribution in [0.1, 0.15) is 50.2 Å². The molecule has 4 aromatic rings. The highest BCUT2D eigenvalue weighted by molar-refractivity contribution is 6.31. The monoisotopic (exact) mass is 470 g/mol. The number of nitrogens with one attached hydrogen (secondary N) is 1. The van der Waals surface area contributed by atoms with Crippen LogP contribution in [0.2, 0.25) is 5.02 Å². The molecule has 8 nitrogen and oxygen atoms in total. The summed E-state index contributed by atoms with van der Waals surface area (Å²) in [5, 5.41) is 16.4. The highest BCUT2D eigenvalue weighted by atomic mass is 35.5. The van der Waals surface area contributed by atoms with Crippen LogP contribution in [-0.2, 0) is 13.1 Å². The third-order valence-electron chi connectivity index (χ3n) is 5.64. The Balaban J connectivity index is 1.58. The Bertz CT molecular complexity index is 1350. The van der Waals surface area contributed by atoms with Crippen LogP contribution in [0.15, 0.2) is 28.8 Å². The van der Waals surface area contributed by atoms with Gasteiger partial charge in [0, 0.05) is 5.56 Å². The maximum Gasteiger partial charge on any atom is 0.278 e. The van der Waals surface area contributed by atoms with Crippen molar-refractivity contribution in [1.29, 1.82) is 0 Å². The normalized spacial score (nSPS) is 11.2. The minimum atomic E-state index is -0.411. The first-order chi connectivity index (χ1) is 15.7. The summed E-state index contributed by atoms with van der Waals surface area (Å²) < 4.78 is 22.3. The fraction of sp³-hybridized carbons (Fsp3) is 0.304. The molecule has 0 radical (unpaired) electrons. The molecule has 0 bridgehead atoms. The van der Waals surface area contributed by atoms with Gasteiger partial charge in [-0.1, -0.05) is 28.9 Å². The van der Waals surface area contributed by atoms with Gasteiger partial charge in [-0.25, -0.2) is 4.39 Å². The number of carbonyl (C=O) groups excluding carboxylic acids is 1. The molecule has 10 heteroatoms. The summed E-state index contributed by atoms with van der Waals surface area (Å²) in [6, 6.07) is 6.34. The molecule has 0 unspecified atom stereocenters. The molecule has 1 aromatic carbocycles. The number of benzene rings is 1. The summed E-state index contributed by atoms with van der Waals surface area (Å²) in [5.74, 6) is -0.189. The summed E-state index contributed by atoms with van der Waals surface area (Å²) in [6.07, 6.45) is 0. The second-order valence-electron chi connectivity index (χ2n) is 8.00. The van der Waals surface area contributed by atoms with Gasteiger partial charge in [-0.3, -0.25) is 14.2 Å².